The zero-order valence-corrected chi connectivity index (χ0v) is 10.5. The summed E-state index contributed by atoms with van der Waals surface area (Å²) in [6, 6.07) is 1.15. The lowest BCUT2D eigenvalue weighted by molar-refractivity contribution is -0.138. The highest BCUT2D eigenvalue weighted by Crippen LogP contribution is 2.06. The smallest absolute Gasteiger partial charge is 0.330 e. The van der Waals surface area contributed by atoms with Crippen molar-refractivity contribution >= 4 is 15.7 Å². The highest BCUT2D eigenvalue weighted by molar-refractivity contribution is 6.26. The molecule has 3 nitrogen and oxygen atoms in total. The van der Waals surface area contributed by atoms with Gasteiger partial charge in [0.25, 0.3) is 0 Å². The van der Waals surface area contributed by atoms with E-state index in [0.29, 0.717) is 12.5 Å². The van der Waals surface area contributed by atoms with Crippen LogP contribution in [0.1, 0.15) is 20.3 Å². The van der Waals surface area contributed by atoms with Crippen LogP contribution in [0.15, 0.2) is 12.7 Å². The molecule has 0 aromatic heterocycles. The molecule has 0 N–H and O–H groups in total. The van der Waals surface area contributed by atoms with Crippen LogP contribution < -0.4 is 0 Å². The van der Waals surface area contributed by atoms with E-state index in [-0.39, 0.29) is 15.7 Å². The van der Waals surface area contributed by atoms with E-state index in [0.717, 1.165) is 19.1 Å². The van der Waals surface area contributed by atoms with Gasteiger partial charge < -0.3 is 9.16 Å². The van der Waals surface area contributed by atoms with Crippen molar-refractivity contribution in [2.45, 2.75) is 26.3 Å². The van der Waals surface area contributed by atoms with Crippen molar-refractivity contribution < 1.29 is 14.0 Å². The van der Waals surface area contributed by atoms with Gasteiger partial charge in [-0.1, -0.05) is 13.5 Å². The van der Waals surface area contributed by atoms with E-state index in [9.17, 15) is 4.79 Å². The topological polar surface area (TPSA) is 35.5 Å². The average molecular weight is 216 g/mol. The first-order valence-electron chi connectivity index (χ1n) is 5.07. The van der Waals surface area contributed by atoms with Crippen molar-refractivity contribution in [1.29, 1.82) is 0 Å². The maximum atomic E-state index is 10.7. The predicted octanol–water partition coefficient (Wildman–Crippen LogP) is 1.28. The van der Waals surface area contributed by atoms with Crippen LogP contribution in [0.5, 0.6) is 0 Å². The lowest BCUT2D eigenvalue weighted by Crippen LogP contribution is -2.11. The maximum absolute atomic E-state index is 10.7. The second-order valence-corrected chi connectivity index (χ2v) is 4.80. The summed E-state index contributed by atoms with van der Waals surface area (Å²) in [7, 11) is -0.334. The summed E-state index contributed by atoms with van der Waals surface area (Å²) in [5.41, 5.74) is 0. The van der Waals surface area contributed by atoms with Gasteiger partial charge in [0.05, 0.1) is 6.61 Å². The van der Waals surface area contributed by atoms with Gasteiger partial charge in [-0.15, -0.1) is 0 Å². The van der Waals surface area contributed by atoms with Crippen LogP contribution in [0.2, 0.25) is 6.04 Å². The van der Waals surface area contributed by atoms with Gasteiger partial charge in [-0.2, -0.15) is 0 Å². The Morgan fingerprint density at radius 2 is 2.36 bits per heavy atom. The van der Waals surface area contributed by atoms with Gasteiger partial charge in [0.1, 0.15) is 0 Å². The molecule has 0 spiro atoms. The van der Waals surface area contributed by atoms with Gasteiger partial charge in [0.2, 0.25) is 0 Å². The summed E-state index contributed by atoms with van der Waals surface area (Å²) in [6.45, 7) is 8.75. The molecule has 0 saturated carbocycles. The third kappa shape index (κ3) is 8.01. The van der Waals surface area contributed by atoms with Gasteiger partial charge in [0.15, 0.2) is 9.76 Å². The summed E-state index contributed by atoms with van der Waals surface area (Å²) in [5, 5.41) is 0. The van der Waals surface area contributed by atoms with Crippen molar-refractivity contribution in [3.63, 3.8) is 0 Å². The molecular weight excluding hydrogens is 196 g/mol. The van der Waals surface area contributed by atoms with Crippen LogP contribution in [0.25, 0.3) is 0 Å². The molecule has 14 heavy (non-hydrogen) atoms. The average Bonchev–Trinajstić information content (AvgIpc) is 2.21. The van der Waals surface area contributed by atoms with Crippen LogP contribution in [0, 0.1) is 5.92 Å². The molecular formula is C10H20O3Si. The molecule has 0 aromatic carbocycles. The Labute approximate surface area is 88.4 Å². The minimum absolute atomic E-state index is 0.334. The van der Waals surface area contributed by atoms with Crippen molar-refractivity contribution in [2.24, 2.45) is 5.92 Å². The fraction of sp³-hybridized carbons (Fsp3) is 0.700. The zero-order valence-electron chi connectivity index (χ0n) is 9.12. The third-order valence-electron chi connectivity index (χ3n) is 1.87. The minimum atomic E-state index is -0.334. The molecule has 0 rings (SSSR count). The molecule has 1 atom stereocenters. The molecule has 4 heteroatoms. The van der Waals surface area contributed by atoms with Crippen LogP contribution >= 0.6 is 0 Å². The third-order valence-corrected chi connectivity index (χ3v) is 3.26. The number of esters is 1. The van der Waals surface area contributed by atoms with E-state index < -0.39 is 0 Å². The molecule has 82 valence electrons. The SMILES string of the molecule is C=CC(=O)OCC(C)CC[SiH2]OCC. The van der Waals surface area contributed by atoms with Gasteiger partial charge in [-0.25, -0.2) is 4.79 Å². The fourth-order valence-electron chi connectivity index (χ4n) is 1.04. The normalized spacial score (nSPS) is 13.0. The summed E-state index contributed by atoms with van der Waals surface area (Å²) in [6.07, 6.45) is 2.28. The van der Waals surface area contributed by atoms with E-state index >= 15 is 0 Å². The lowest BCUT2D eigenvalue weighted by Gasteiger charge is -2.10. The second kappa shape index (κ2) is 8.96. The number of carbonyl (C=O) groups excluding carboxylic acids is 1. The molecule has 0 fully saturated rings. The van der Waals surface area contributed by atoms with Gasteiger partial charge >= 0.3 is 5.97 Å². The van der Waals surface area contributed by atoms with E-state index in [4.69, 9.17) is 9.16 Å². The standard InChI is InChI=1S/C10H20O3Si/c1-4-10(11)12-8-9(3)6-7-14-13-5-2/h4,9H,1,5-8,14H2,2-3H3. The Bertz CT molecular complexity index is 171. The van der Waals surface area contributed by atoms with E-state index in [1.165, 1.54) is 6.08 Å². The number of hydrogen-bond acceptors (Lipinski definition) is 3. The van der Waals surface area contributed by atoms with Gasteiger partial charge in [-0.05, 0) is 25.3 Å². The summed E-state index contributed by atoms with van der Waals surface area (Å²) in [4.78, 5) is 10.7. The Morgan fingerprint density at radius 3 is 2.93 bits per heavy atom. The van der Waals surface area contributed by atoms with E-state index in [1.807, 2.05) is 6.92 Å². The first-order valence-corrected chi connectivity index (χ1v) is 6.65. The molecule has 0 bridgehead atoms. The monoisotopic (exact) mass is 216 g/mol. The number of rotatable bonds is 8. The van der Waals surface area contributed by atoms with Crippen LogP contribution in [-0.2, 0) is 14.0 Å². The molecule has 1 unspecified atom stereocenters. The molecule has 0 aliphatic carbocycles. The predicted molar refractivity (Wildman–Crippen MR) is 59.9 cm³/mol. The quantitative estimate of drug-likeness (QED) is 0.265. The zero-order chi connectivity index (χ0) is 10.8. The number of hydrogen-bond donors (Lipinski definition) is 0. The minimum Gasteiger partial charge on any atom is -0.462 e. The summed E-state index contributed by atoms with van der Waals surface area (Å²) in [5.74, 6) is 0.0887. The van der Waals surface area contributed by atoms with Gasteiger partial charge in [-0.3, -0.25) is 0 Å². The highest BCUT2D eigenvalue weighted by atomic mass is 28.2. The molecule has 0 aliphatic heterocycles. The Balaban J connectivity index is 3.31. The molecule has 0 aromatic rings. The Kier molecular flexibility index (Phi) is 8.57. The van der Waals surface area contributed by atoms with Crippen molar-refractivity contribution in [1.82, 2.24) is 0 Å². The Morgan fingerprint density at radius 1 is 1.64 bits per heavy atom. The van der Waals surface area contributed by atoms with Crippen molar-refractivity contribution in [3.05, 3.63) is 12.7 Å². The lowest BCUT2D eigenvalue weighted by atomic mass is 10.1. The second-order valence-electron chi connectivity index (χ2n) is 3.28. The number of ether oxygens (including phenoxy) is 1. The van der Waals surface area contributed by atoms with Gasteiger partial charge in [0, 0.05) is 12.7 Å². The molecule has 0 saturated heterocycles. The number of carbonyl (C=O) groups is 1. The highest BCUT2D eigenvalue weighted by Gasteiger charge is 2.04. The van der Waals surface area contributed by atoms with Crippen LogP contribution in [-0.4, -0.2) is 28.9 Å². The fourth-order valence-corrected chi connectivity index (χ4v) is 2.40. The first kappa shape index (κ1) is 13.4. The maximum Gasteiger partial charge on any atom is 0.330 e. The molecule has 0 amide bonds. The Hall–Kier alpha value is -0.613. The van der Waals surface area contributed by atoms with E-state index in [1.54, 1.807) is 0 Å². The summed E-state index contributed by atoms with van der Waals surface area (Å²) >= 11 is 0. The van der Waals surface area contributed by atoms with Crippen molar-refractivity contribution in [2.75, 3.05) is 13.2 Å². The molecule has 0 heterocycles. The van der Waals surface area contributed by atoms with Crippen LogP contribution in [0.3, 0.4) is 0 Å². The van der Waals surface area contributed by atoms with Crippen LogP contribution in [0.4, 0.5) is 0 Å². The molecule has 0 aliphatic rings. The summed E-state index contributed by atoms with van der Waals surface area (Å²) < 4.78 is 10.3. The van der Waals surface area contributed by atoms with E-state index in [2.05, 4.69) is 13.5 Å². The molecule has 0 radical (unpaired) electrons. The van der Waals surface area contributed by atoms with Crippen molar-refractivity contribution in [3.8, 4) is 0 Å². The first-order chi connectivity index (χ1) is 6.70. The largest absolute Gasteiger partial charge is 0.462 e.